The average Bonchev–Trinajstić information content (AvgIpc) is 3.16. The molecule has 158 valence electrons. The summed E-state index contributed by atoms with van der Waals surface area (Å²) < 4.78 is 32.9. The molecule has 0 unspecified atom stereocenters. The molecule has 0 N–H and O–H groups in total. The highest BCUT2D eigenvalue weighted by atomic mass is 35.5. The first-order valence-electron chi connectivity index (χ1n) is 9.83. The first-order valence-corrected chi connectivity index (χ1v) is 11.6. The summed E-state index contributed by atoms with van der Waals surface area (Å²) in [5, 5.41) is 0.417. The SMILES string of the molecule is Cc1ccc(-c2nc(CN3CCN(S(=O)(=O)c4cccc(Cl)c4)CC3)co2)c(C)c1. The van der Waals surface area contributed by atoms with E-state index < -0.39 is 10.0 Å². The molecule has 2 heterocycles. The lowest BCUT2D eigenvalue weighted by Gasteiger charge is -2.33. The number of halogens is 1. The smallest absolute Gasteiger partial charge is 0.243 e. The minimum absolute atomic E-state index is 0.234. The molecule has 1 fully saturated rings. The molecule has 1 aliphatic rings. The maximum Gasteiger partial charge on any atom is 0.243 e. The van der Waals surface area contributed by atoms with Crippen LogP contribution in [-0.4, -0.2) is 48.8 Å². The lowest BCUT2D eigenvalue weighted by molar-refractivity contribution is 0.180. The summed E-state index contributed by atoms with van der Waals surface area (Å²) >= 11 is 5.96. The number of piperazine rings is 1. The molecule has 6 nitrogen and oxygen atoms in total. The monoisotopic (exact) mass is 445 g/mol. The molecule has 0 amide bonds. The third-order valence-electron chi connectivity index (χ3n) is 5.31. The number of rotatable bonds is 5. The maximum atomic E-state index is 12.8. The number of hydrogen-bond acceptors (Lipinski definition) is 5. The molecular weight excluding hydrogens is 422 g/mol. The average molecular weight is 446 g/mol. The fourth-order valence-corrected chi connectivity index (χ4v) is 5.41. The van der Waals surface area contributed by atoms with Crippen LogP contribution in [0.1, 0.15) is 16.8 Å². The van der Waals surface area contributed by atoms with Crippen LogP contribution in [0.5, 0.6) is 0 Å². The van der Waals surface area contributed by atoms with E-state index in [9.17, 15) is 8.42 Å². The van der Waals surface area contributed by atoms with Crippen LogP contribution >= 0.6 is 11.6 Å². The Hall–Kier alpha value is -2.19. The lowest BCUT2D eigenvalue weighted by Crippen LogP contribution is -2.48. The van der Waals surface area contributed by atoms with Gasteiger partial charge in [-0.1, -0.05) is 35.4 Å². The van der Waals surface area contributed by atoms with E-state index in [1.54, 1.807) is 24.5 Å². The van der Waals surface area contributed by atoms with Crippen molar-refractivity contribution < 1.29 is 12.8 Å². The third kappa shape index (κ3) is 4.44. The zero-order chi connectivity index (χ0) is 21.3. The van der Waals surface area contributed by atoms with Crippen molar-refractivity contribution in [3.63, 3.8) is 0 Å². The van der Waals surface area contributed by atoms with Gasteiger partial charge in [0.05, 0.1) is 10.6 Å². The quantitative estimate of drug-likeness (QED) is 0.591. The number of nitrogens with zero attached hydrogens (tertiary/aromatic N) is 3. The molecule has 0 saturated carbocycles. The van der Waals surface area contributed by atoms with Crippen molar-refractivity contribution >= 4 is 21.6 Å². The highest BCUT2D eigenvalue weighted by Crippen LogP contribution is 2.25. The summed E-state index contributed by atoms with van der Waals surface area (Å²) in [4.78, 5) is 7.06. The molecule has 30 heavy (non-hydrogen) atoms. The Bertz CT molecular complexity index is 1150. The van der Waals surface area contributed by atoms with Crippen molar-refractivity contribution in [2.24, 2.45) is 0 Å². The Balaban J connectivity index is 1.39. The van der Waals surface area contributed by atoms with Crippen molar-refractivity contribution in [1.29, 1.82) is 0 Å². The van der Waals surface area contributed by atoms with Gasteiger partial charge in [-0.15, -0.1) is 0 Å². The van der Waals surface area contributed by atoms with Crippen molar-refractivity contribution in [3.05, 3.63) is 70.6 Å². The molecule has 4 rings (SSSR count). The number of oxazole rings is 1. The lowest BCUT2D eigenvalue weighted by atomic mass is 10.1. The van der Waals surface area contributed by atoms with Gasteiger partial charge in [0.15, 0.2) is 0 Å². The summed E-state index contributed by atoms with van der Waals surface area (Å²) in [5.41, 5.74) is 4.16. The minimum atomic E-state index is -3.53. The molecule has 0 radical (unpaired) electrons. The van der Waals surface area contributed by atoms with Gasteiger partial charge in [-0.25, -0.2) is 13.4 Å². The zero-order valence-electron chi connectivity index (χ0n) is 17.0. The van der Waals surface area contributed by atoms with Gasteiger partial charge in [-0.2, -0.15) is 4.31 Å². The highest BCUT2D eigenvalue weighted by molar-refractivity contribution is 7.89. The molecule has 0 spiro atoms. The largest absolute Gasteiger partial charge is 0.444 e. The van der Waals surface area contributed by atoms with Crippen LogP contribution in [0.3, 0.4) is 0 Å². The molecular formula is C22H24ClN3O3S. The first kappa shape index (κ1) is 21.1. The Labute approximate surface area is 182 Å². The molecule has 0 atom stereocenters. The van der Waals surface area contributed by atoms with E-state index in [1.165, 1.54) is 15.9 Å². The Morgan fingerprint density at radius 3 is 2.53 bits per heavy atom. The topological polar surface area (TPSA) is 66.7 Å². The van der Waals surface area contributed by atoms with Crippen molar-refractivity contribution in [2.75, 3.05) is 26.2 Å². The van der Waals surface area contributed by atoms with Gasteiger partial charge in [-0.05, 0) is 43.7 Å². The fourth-order valence-electron chi connectivity index (χ4n) is 3.69. The number of benzene rings is 2. The number of aromatic nitrogens is 1. The second-order valence-electron chi connectivity index (χ2n) is 7.60. The van der Waals surface area contributed by atoms with Crippen LogP contribution in [0.2, 0.25) is 5.02 Å². The number of hydrogen-bond donors (Lipinski definition) is 0. The molecule has 2 aromatic carbocycles. The van der Waals surface area contributed by atoms with Gasteiger partial charge in [0.2, 0.25) is 15.9 Å². The molecule has 1 aromatic heterocycles. The second kappa shape index (κ2) is 8.51. The molecule has 3 aromatic rings. The van der Waals surface area contributed by atoms with Crippen LogP contribution in [0, 0.1) is 13.8 Å². The highest BCUT2D eigenvalue weighted by Gasteiger charge is 2.29. The predicted octanol–water partition coefficient (Wildman–Crippen LogP) is 4.12. The van der Waals surface area contributed by atoms with E-state index in [2.05, 4.69) is 22.9 Å². The van der Waals surface area contributed by atoms with E-state index >= 15 is 0 Å². The zero-order valence-corrected chi connectivity index (χ0v) is 18.6. The summed E-state index contributed by atoms with van der Waals surface area (Å²) in [6.45, 7) is 6.85. The van der Waals surface area contributed by atoms with Gasteiger partial charge in [0, 0.05) is 43.3 Å². The minimum Gasteiger partial charge on any atom is -0.444 e. The predicted molar refractivity (Wildman–Crippen MR) is 117 cm³/mol. The summed E-state index contributed by atoms with van der Waals surface area (Å²) in [5.74, 6) is 0.615. The standard InChI is InChI=1S/C22H24ClN3O3S/c1-16-6-7-21(17(2)12-16)22-24-19(15-29-22)14-25-8-10-26(11-9-25)30(27,28)20-5-3-4-18(23)13-20/h3-7,12-13,15H,8-11,14H2,1-2H3. The van der Waals surface area contributed by atoms with Crippen LogP contribution in [0.25, 0.3) is 11.5 Å². The molecule has 1 aliphatic heterocycles. The second-order valence-corrected chi connectivity index (χ2v) is 9.97. The number of sulfonamides is 1. The molecule has 1 saturated heterocycles. The van der Waals surface area contributed by atoms with Gasteiger partial charge in [0.1, 0.15) is 6.26 Å². The molecule has 0 bridgehead atoms. The first-order chi connectivity index (χ1) is 14.3. The summed E-state index contributed by atoms with van der Waals surface area (Å²) in [7, 11) is -3.53. The third-order valence-corrected chi connectivity index (χ3v) is 7.44. The van der Waals surface area contributed by atoms with Crippen LogP contribution < -0.4 is 0 Å². The van der Waals surface area contributed by atoms with E-state index in [4.69, 9.17) is 16.0 Å². The Morgan fingerprint density at radius 1 is 1.07 bits per heavy atom. The summed E-state index contributed by atoms with van der Waals surface area (Å²) in [6.07, 6.45) is 1.68. The van der Waals surface area contributed by atoms with E-state index in [0.717, 1.165) is 16.8 Å². The van der Waals surface area contributed by atoms with Gasteiger partial charge in [-0.3, -0.25) is 4.90 Å². The van der Waals surface area contributed by atoms with Crippen LogP contribution in [-0.2, 0) is 16.6 Å². The van der Waals surface area contributed by atoms with E-state index in [1.807, 2.05) is 19.1 Å². The normalized spacial score (nSPS) is 16.1. The van der Waals surface area contributed by atoms with Crippen molar-refractivity contribution in [2.45, 2.75) is 25.3 Å². The van der Waals surface area contributed by atoms with Gasteiger partial charge < -0.3 is 4.42 Å². The number of aryl methyl sites for hydroxylation is 2. The van der Waals surface area contributed by atoms with E-state index in [-0.39, 0.29) is 4.90 Å². The van der Waals surface area contributed by atoms with E-state index in [0.29, 0.717) is 43.6 Å². The van der Waals surface area contributed by atoms with Gasteiger partial charge >= 0.3 is 0 Å². The van der Waals surface area contributed by atoms with Crippen LogP contribution in [0.15, 0.2) is 58.0 Å². The molecule has 8 heteroatoms. The van der Waals surface area contributed by atoms with Crippen molar-refractivity contribution in [1.82, 2.24) is 14.2 Å². The fraction of sp³-hybridized carbons (Fsp3) is 0.318. The molecule has 0 aliphatic carbocycles. The van der Waals surface area contributed by atoms with Gasteiger partial charge in [0.25, 0.3) is 0 Å². The summed E-state index contributed by atoms with van der Waals surface area (Å²) in [6, 6.07) is 12.6. The van der Waals surface area contributed by atoms with Crippen molar-refractivity contribution in [3.8, 4) is 11.5 Å². The van der Waals surface area contributed by atoms with Crippen LogP contribution in [0.4, 0.5) is 0 Å². The maximum absolute atomic E-state index is 12.8. The Morgan fingerprint density at radius 2 is 1.83 bits per heavy atom. The Kier molecular flexibility index (Phi) is 5.97.